The van der Waals surface area contributed by atoms with Crippen LogP contribution in [-0.2, 0) is 9.53 Å². The second-order valence-electron chi connectivity index (χ2n) is 5.06. The Bertz CT molecular complexity index is 669. The number of benzene rings is 2. The number of hydrogen-bond donors (Lipinski definition) is 0. The van der Waals surface area contributed by atoms with Crippen LogP contribution in [0.4, 0.5) is 0 Å². The average molecular weight is 296 g/mol. The summed E-state index contributed by atoms with van der Waals surface area (Å²) in [7, 11) is 0. The molecule has 0 heterocycles. The minimum atomic E-state index is -0.468. The first-order valence-corrected chi connectivity index (χ1v) is 7.28. The molecule has 0 amide bonds. The molecule has 0 aliphatic heterocycles. The fourth-order valence-electron chi connectivity index (χ4n) is 1.95. The van der Waals surface area contributed by atoms with E-state index in [1.165, 1.54) is 0 Å². The number of esters is 1. The van der Waals surface area contributed by atoms with Crippen molar-refractivity contribution in [3.63, 3.8) is 0 Å². The summed E-state index contributed by atoms with van der Waals surface area (Å²) in [6.45, 7) is 6.07. The van der Waals surface area contributed by atoms with Gasteiger partial charge in [-0.1, -0.05) is 42.0 Å². The zero-order chi connectivity index (χ0) is 15.9. The van der Waals surface area contributed by atoms with Crippen LogP contribution in [0.3, 0.4) is 0 Å². The summed E-state index contributed by atoms with van der Waals surface area (Å²) >= 11 is 0. The van der Waals surface area contributed by atoms with Crippen molar-refractivity contribution in [1.29, 1.82) is 0 Å². The maximum absolute atomic E-state index is 12.1. The van der Waals surface area contributed by atoms with E-state index >= 15 is 0 Å². The Kier molecular flexibility index (Phi) is 5.37. The predicted molar refractivity (Wildman–Crippen MR) is 87.6 cm³/mol. The maximum Gasteiger partial charge on any atom is 0.374 e. The van der Waals surface area contributed by atoms with Gasteiger partial charge >= 0.3 is 5.97 Å². The molecule has 2 aromatic rings. The Labute approximate surface area is 131 Å². The van der Waals surface area contributed by atoms with Gasteiger partial charge in [-0.3, -0.25) is 0 Å². The molecule has 0 saturated heterocycles. The number of carbonyl (C=O) groups excluding carboxylic acids is 1. The van der Waals surface area contributed by atoms with Gasteiger partial charge in [0.05, 0.1) is 6.61 Å². The molecule has 0 saturated carbocycles. The van der Waals surface area contributed by atoms with Gasteiger partial charge in [0.25, 0.3) is 0 Å². The van der Waals surface area contributed by atoms with Crippen molar-refractivity contribution in [1.82, 2.24) is 0 Å². The van der Waals surface area contributed by atoms with Crippen LogP contribution in [0.1, 0.15) is 23.6 Å². The van der Waals surface area contributed by atoms with Crippen LogP contribution in [0.15, 0.2) is 54.3 Å². The summed E-state index contributed by atoms with van der Waals surface area (Å²) in [5, 5.41) is 0. The van der Waals surface area contributed by atoms with E-state index in [-0.39, 0.29) is 5.76 Å². The molecule has 2 rings (SSSR count). The molecule has 114 valence electrons. The van der Waals surface area contributed by atoms with Crippen LogP contribution in [0.25, 0.3) is 6.08 Å². The predicted octanol–water partition coefficient (Wildman–Crippen LogP) is 4.29. The van der Waals surface area contributed by atoms with Crippen molar-refractivity contribution in [2.45, 2.75) is 20.8 Å². The molecule has 3 nitrogen and oxygen atoms in total. The SMILES string of the molecule is CCOC(=O)/C(=C/c1ccc(C)cc1)Oc1cccc(C)c1. The molecular formula is C19H20O3. The second-order valence-corrected chi connectivity index (χ2v) is 5.06. The van der Waals surface area contributed by atoms with Crippen molar-refractivity contribution >= 4 is 12.0 Å². The molecule has 22 heavy (non-hydrogen) atoms. The summed E-state index contributed by atoms with van der Waals surface area (Å²) < 4.78 is 10.8. The molecule has 0 radical (unpaired) electrons. The number of hydrogen-bond acceptors (Lipinski definition) is 3. The smallest absolute Gasteiger partial charge is 0.374 e. The third-order valence-corrected chi connectivity index (χ3v) is 3.07. The van der Waals surface area contributed by atoms with Gasteiger partial charge in [0, 0.05) is 0 Å². The normalized spacial score (nSPS) is 11.1. The zero-order valence-electron chi connectivity index (χ0n) is 13.1. The summed E-state index contributed by atoms with van der Waals surface area (Å²) in [6.07, 6.45) is 1.69. The number of rotatable bonds is 5. The summed E-state index contributed by atoms with van der Waals surface area (Å²) in [5.74, 6) is 0.326. The molecule has 0 atom stereocenters. The van der Waals surface area contributed by atoms with E-state index < -0.39 is 5.97 Å². The minimum absolute atomic E-state index is 0.177. The van der Waals surface area contributed by atoms with Crippen molar-refractivity contribution in [2.75, 3.05) is 6.61 Å². The molecule has 0 aliphatic carbocycles. The van der Waals surface area contributed by atoms with E-state index in [1.807, 2.05) is 62.4 Å². The molecule has 2 aromatic carbocycles. The van der Waals surface area contributed by atoms with Crippen LogP contribution in [0.2, 0.25) is 0 Å². The number of carbonyl (C=O) groups is 1. The highest BCUT2D eigenvalue weighted by atomic mass is 16.6. The summed E-state index contributed by atoms with van der Waals surface area (Å²) in [5.41, 5.74) is 3.12. The summed E-state index contributed by atoms with van der Waals surface area (Å²) in [4.78, 5) is 12.1. The van der Waals surface area contributed by atoms with Crippen LogP contribution < -0.4 is 4.74 Å². The number of aryl methyl sites for hydroxylation is 2. The Morgan fingerprint density at radius 1 is 1.05 bits per heavy atom. The fraction of sp³-hybridized carbons (Fsp3) is 0.211. The lowest BCUT2D eigenvalue weighted by Gasteiger charge is -2.10. The highest BCUT2D eigenvalue weighted by Crippen LogP contribution is 2.18. The average Bonchev–Trinajstić information content (AvgIpc) is 2.49. The van der Waals surface area contributed by atoms with Gasteiger partial charge in [0.2, 0.25) is 5.76 Å². The lowest BCUT2D eigenvalue weighted by Crippen LogP contribution is -2.12. The molecule has 0 unspecified atom stereocenters. The quantitative estimate of drug-likeness (QED) is 0.469. The van der Waals surface area contributed by atoms with Crippen LogP contribution in [0.5, 0.6) is 5.75 Å². The molecule has 0 aliphatic rings. The standard InChI is InChI=1S/C19H20O3/c1-4-21-19(20)18(13-16-10-8-14(2)9-11-16)22-17-7-5-6-15(3)12-17/h5-13H,4H2,1-3H3/b18-13-. The van der Waals surface area contributed by atoms with Crippen LogP contribution in [0, 0.1) is 13.8 Å². The zero-order valence-corrected chi connectivity index (χ0v) is 13.1. The van der Waals surface area contributed by atoms with E-state index in [2.05, 4.69) is 0 Å². The lowest BCUT2D eigenvalue weighted by molar-refractivity contribution is -0.140. The van der Waals surface area contributed by atoms with Crippen molar-refractivity contribution in [3.8, 4) is 5.75 Å². The van der Waals surface area contributed by atoms with Gasteiger partial charge in [0.1, 0.15) is 5.75 Å². The maximum atomic E-state index is 12.1. The third kappa shape index (κ3) is 4.48. The van der Waals surface area contributed by atoms with E-state index in [0.29, 0.717) is 12.4 Å². The highest BCUT2D eigenvalue weighted by molar-refractivity contribution is 5.92. The Morgan fingerprint density at radius 2 is 1.77 bits per heavy atom. The first-order valence-electron chi connectivity index (χ1n) is 7.28. The highest BCUT2D eigenvalue weighted by Gasteiger charge is 2.13. The lowest BCUT2D eigenvalue weighted by atomic mass is 10.1. The Hall–Kier alpha value is -2.55. The van der Waals surface area contributed by atoms with E-state index in [0.717, 1.165) is 16.7 Å². The molecule has 0 aromatic heterocycles. The van der Waals surface area contributed by atoms with Crippen molar-refractivity contribution in [3.05, 3.63) is 71.0 Å². The monoisotopic (exact) mass is 296 g/mol. The van der Waals surface area contributed by atoms with E-state index in [1.54, 1.807) is 13.0 Å². The van der Waals surface area contributed by atoms with Crippen LogP contribution in [-0.4, -0.2) is 12.6 Å². The van der Waals surface area contributed by atoms with Gasteiger partial charge in [-0.25, -0.2) is 4.79 Å². The van der Waals surface area contributed by atoms with Gasteiger partial charge in [-0.2, -0.15) is 0 Å². The molecular weight excluding hydrogens is 276 g/mol. The van der Waals surface area contributed by atoms with Crippen molar-refractivity contribution in [2.24, 2.45) is 0 Å². The second kappa shape index (κ2) is 7.46. The first-order chi connectivity index (χ1) is 10.6. The molecule has 0 fully saturated rings. The van der Waals surface area contributed by atoms with Gasteiger partial charge in [0.15, 0.2) is 0 Å². The summed E-state index contributed by atoms with van der Waals surface area (Å²) in [6, 6.07) is 15.4. The van der Waals surface area contributed by atoms with Crippen molar-refractivity contribution < 1.29 is 14.3 Å². The van der Waals surface area contributed by atoms with E-state index in [4.69, 9.17) is 9.47 Å². The first kappa shape index (κ1) is 15.8. The van der Waals surface area contributed by atoms with Crippen LogP contribution >= 0.6 is 0 Å². The Balaban J connectivity index is 2.29. The van der Waals surface area contributed by atoms with E-state index in [9.17, 15) is 4.79 Å². The topological polar surface area (TPSA) is 35.5 Å². The Morgan fingerprint density at radius 3 is 2.41 bits per heavy atom. The largest absolute Gasteiger partial charge is 0.460 e. The minimum Gasteiger partial charge on any atom is -0.460 e. The van der Waals surface area contributed by atoms with Gasteiger partial charge in [-0.15, -0.1) is 0 Å². The molecule has 0 bridgehead atoms. The molecule has 0 spiro atoms. The molecule has 3 heteroatoms. The van der Waals surface area contributed by atoms with Gasteiger partial charge < -0.3 is 9.47 Å². The number of ether oxygens (including phenoxy) is 2. The fourth-order valence-corrected chi connectivity index (χ4v) is 1.95. The third-order valence-electron chi connectivity index (χ3n) is 3.07. The molecule has 0 N–H and O–H groups in total. The van der Waals surface area contributed by atoms with Gasteiger partial charge in [-0.05, 0) is 50.1 Å².